The number of rotatable bonds is 8. The lowest BCUT2D eigenvalue weighted by atomic mass is 9.78. The quantitative estimate of drug-likeness (QED) is 0.415. The second kappa shape index (κ2) is 13.1. The molecule has 2 atom stereocenters. The predicted octanol–water partition coefficient (Wildman–Crippen LogP) is 5.15. The van der Waals surface area contributed by atoms with Crippen molar-refractivity contribution in [2.24, 2.45) is 5.92 Å². The Labute approximate surface area is 243 Å². The highest BCUT2D eigenvalue weighted by Crippen LogP contribution is 2.36. The summed E-state index contributed by atoms with van der Waals surface area (Å²) in [6.07, 6.45) is 9.99. The Balaban J connectivity index is 0.000000216. The molecule has 0 spiro atoms. The summed E-state index contributed by atoms with van der Waals surface area (Å²) in [5.74, 6) is 2.35. The molecule has 0 N–H and O–H groups in total. The number of hydrogen-bond acceptors (Lipinski definition) is 6. The second-order valence-corrected chi connectivity index (χ2v) is 11.6. The van der Waals surface area contributed by atoms with E-state index in [0.717, 1.165) is 36.1 Å². The average molecular weight is 562 g/mol. The van der Waals surface area contributed by atoms with Gasteiger partial charge in [-0.25, -0.2) is 0 Å². The number of benzene rings is 2. The number of amides is 3. The second-order valence-electron chi connectivity index (χ2n) is 11.6. The Kier molecular flexibility index (Phi) is 9.28. The Morgan fingerprint density at radius 1 is 0.902 bits per heavy atom. The standard InChI is InChI=1S/C23H34N2O3.C10H9NO2/c1-27-20-12-9-18(22(14-20)28-2)15-24(19-10-11-19)16-23(26)25-13-5-7-17-6-3-4-8-21(17)25;1-2-11-9(12)7-5-3-4-6-8(7)10(11)13/h9,12,14,17,19,21H,3-8,10-11,13,15-16H2,1-2H3;3-6H,2H2,1H3. The highest BCUT2D eigenvalue weighted by molar-refractivity contribution is 6.21. The molecule has 2 aliphatic heterocycles. The van der Waals surface area contributed by atoms with E-state index in [4.69, 9.17) is 9.47 Å². The SMILES string of the molecule is CCN1C(=O)c2ccccc2C1=O.COc1ccc(CN(CC(=O)N2CCCC3CCCCC32)C2CC2)c(OC)c1. The number of carbonyl (C=O) groups excluding carboxylic acids is 3. The molecular weight excluding hydrogens is 518 g/mol. The van der Waals surface area contributed by atoms with Crippen molar-refractivity contribution in [2.45, 2.75) is 76.9 Å². The average Bonchev–Trinajstić information content (AvgIpc) is 3.83. The van der Waals surface area contributed by atoms with Gasteiger partial charge in [0.15, 0.2) is 0 Å². The molecule has 2 aromatic carbocycles. The normalized spacial score (nSPS) is 21.7. The lowest BCUT2D eigenvalue weighted by molar-refractivity contribution is -0.139. The number of fused-ring (bicyclic) bond motifs is 2. The summed E-state index contributed by atoms with van der Waals surface area (Å²) < 4.78 is 10.9. The fraction of sp³-hybridized carbons (Fsp3) is 0.545. The number of carbonyl (C=O) groups is 3. The van der Waals surface area contributed by atoms with Gasteiger partial charge in [-0.1, -0.05) is 31.0 Å². The van der Waals surface area contributed by atoms with E-state index in [1.54, 1.807) is 45.4 Å². The smallest absolute Gasteiger partial charge is 0.261 e. The molecule has 1 saturated heterocycles. The minimum atomic E-state index is -0.178. The molecule has 2 aromatic rings. The first-order valence-electron chi connectivity index (χ1n) is 15.1. The van der Waals surface area contributed by atoms with Gasteiger partial charge < -0.3 is 14.4 Å². The van der Waals surface area contributed by atoms with Gasteiger partial charge in [-0.3, -0.25) is 24.2 Å². The van der Waals surface area contributed by atoms with Crippen LogP contribution in [0.2, 0.25) is 0 Å². The number of likely N-dealkylation sites (tertiary alicyclic amines) is 1. The Morgan fingerprint density at radius 3 is 2.22 bits per heavy atom. The summed E-state index contributed by atoms with van der Waals surface area (Å²) in [5, 5.41) is 0. The topological polar surface area (TPSA) is 79.4 Å². The molecule has 41 heavy (non-hydrogen) atoms. The fourth-order valence-corrected chi connectivity index (χ4v) is 6.68. The molecule has 3 amide bonds. The number of imide groups is 1. The molecule has 2 unspecified atom stereocenters. The first kappa shape index (κ1) is 29.1. The van der Waals surface area contributed by atoms with Gasteiger partial charge in [0.25, 0.3) is 11.8 Å². The van der Waals surface area contributed by atoms with E-state index in [0.29, 0.717) is 42.2 Å². The zero-order valence-corrected chi connectivity index (χ0v) is 24.6. The number of piperidine rings is 1. The first-order valence-corrected chi connectivity index (χ1v) is 15.1. The summed E-state index contributed by atoms with van der Waals surface area (Å²) in [5.41, 5.74) is 2.17. The van der Waals surface area contributed by atoms with Gasteiger partial charge in [0.2, 0.25) is 5.91 Å². The number of nitrogens with zero attached hydrogens (tertiary/aromatic N) is 3. The summed E-state index contributed by atoms with van der Waals surface area (Å²) >= 11 is 0. The molecule has 2 heterocycles. The maximum Gasteiger partial charge on any atom is 0.261 e. The first-order chi connectivity index (χ1) is 19.9. The van der Waals surface area contributed by atoms with E-state index in [2.05, 4.69) is 15.9 Å². The Morgan fingerprint density at radius 2 is 1.59 bits per heavy atom. The van der Waals surface area contributed by atoms with E-state index in [1.165, 1.54) is 56.3 Å². The van der Waals surface area contributed by atoms with Crippen LogP contribution < -0.4 is 9.47 Å². The molecule has 4 aliphatic rings. The van der Waals surface area contributed by atoms with Crippen LogP contribution in [-0.2, 0) is 11.3 Å². The molecule has 3 fully saturated rings. The lowest BCUT2D eigenvalue weighted by Crippen LogP contribution is -2.52. The van der Waals surface area contributed by atoms with Crippen molar-refractivity contribution in [2.75, 3.05) is 33.9 Å². The molecule has 0 aromatic heterocycles. The van der Waals surface area contributed by atoms with Crippen molar-refractivity contribution in [3.8, 4) is 11.5 Å². The molecule has 0 radical (unpaired) electrons. The molecular formula is C33H43N3O5. The van der Waals surface area contributed by atoms with Gasteiger partial charge >= 0.3 is 0 Å². The van der Waals surface area contributed by atoms with Gasteiger partial charge in [0.05, 0.1) is 31.9 Å². The van der Waals surface area contributed by atoms with Gasteiger partial charge in [0.1, 0.15) is 11.5 Å². The predicted molar refractivity (Wildman–Crippen MR) is 157 cm³/mol. The molecule has 8 nitrogen and oxygen atoms in total. The number of methoxy groups -OCH3 is 2. The van der Waals surface area contributed by atoms with E-state index in [1.807, 2.05) is 12.1 Å². The third-order valence-electron chi connectivity index (χ3n) is 9.03. The van der Waals surface area contributed by atoms with Crippen LogP contribution in [0.1, 0.15) is 84.6 Å². The fourth-order valence-electron chi connectivity index (χ4n) is 6.68. The molecule has 6 rings (SSSR count). The van der Waals surface area contributed by atoms with Crippen LogP contribution in [0.3, 0.4) is 0 Å². The minimum Gasteiger partial charge on any atom is -0.497 e. The van der Waals surface area contributed by atoms with Gasteiger partial charge in [-0.15, -0.1) is 0 Å². The van der Waals surface area contributed by atoms with Crippen LogP contribution in [0.15, 0.2) is 42.5 Å². The molecule has 0 bridgehead atoms. The summed E-state index contributed by atoms with van der Waals surface area (Å²) in [7, 11) is 3.36. The van der Waals surface area contributed by atoms with Crippen LogP contribution in [0.5, 0.6) is 11.5 Å². The summed E-state index contributed by atoms with van der Waals surface area (Å²) in [6.45, 7) is 4.47. The lowest BCUT2D eigenvalue weighted by Gasteiger charge is -2.44. The highest BCUT2D eigenvalue weighted by atomic mass is 16.5. The van der Waals surface area contributed by atoms with Crippen molar-refractivity contribution in [1.29, 1.82) is 0 Å². The Bertz CT molecular complexity index is 1220. The molecule has 2 aliphatic carbocycles. The highest BCUT2D eigenvalue weighted by Gasteiger charge is 2.38. The van der Waals surface area contributed by atoms with Gasteiger partial charge in [-0.2, -0.15) is 0 Å². The molecule has 8 heteroatoms. The van der Waals surface area contributed by atoms with Gasteiger partial charge in [0, 0.05) is 43.3 Å². The maximum atomic E-state index is 13.3. The third kappa shape index (κ3) is 6.43. The van der Waals surface area contributed by atoms with Gasteiger partial charge in [-0.05, 0) is 69.6 Å². The maximum absolute atomic E-state index is 13.3. The number of hydrogen-bond donors (Lipinski definition) is 0. The monoisotopic (exact) mass is 561 g/mol. The van der Waals surface area contributed by atoms with Crippen molar-refractivity contribution in [1.82, 2.24) is 14.7 Å². The van der Waals surface area contributed by atoms with E-state index in [-0.39, 0.29) is 11.8 Å². The zero-order valence-electron chi connectivity index (χ0n) is 24.6. The van der Waals surface area contributed by atoms with Crippen molar-refractivity contribution in [3.63, 3.8) is 0 Å². The molecule has 2 saturated carbocycles. The third-order valence-corrected chi connectivity index (χ3v) is 9.03. The summed E-state index contributed by atoms with van der Waals surface area (Å²) in [4.78, 5) is 42.2. The van der Waals surface area contributed by atoms with Crippen molar-refractivity contribution in [3.05, 3.63) is 59.2 Å². The largest absolute Gasteiger partial charge is 0.497 e. The Hall–Kier alpha value is -3.39. The van der Waals surface area contributed by atoms with E-state index >= 15 is 0 Å². The van der Waals surface area contributed by atoms with Crippen LogP contribution in [0, 0.1) is 5.92 Å². The van der Waals surface area contributed by atoms with Crippen LogP contribution in [-0.4, -0.2) is 78.4 Å². The van der Waals surface area contributed by atoms with Crippen LogP contribution in [0.4, 0.5) is 0 Å². The summed E-state index contributed by atoms with van der Waals surface area (Å²) in [6, 6.07) is 13.9. The molecule has 220 valence electrons. The van der Waals surface area contributed by atoms with Crippen molar-refractivity contribution < 1.29 is 23.9 Å². The number of ether oxygens (including phenoxy) is 2. The van der Waals surface area contributed by atoms with Crippen molar-refractivity contribution >= 4 is 17.7 Å². The van der Waals surface area contributed by atoms with E-state index < -0.39 is 0 Å². The zero-order chi connectivity index (χ0) is 28.9. The van der Waals surface area contributed by atoms with Crippen LogP contribution in [0.25, 0.3) is 0 Å². The van der Waals surface area contributed by atoms with Crippen LogP contribution >= 0.6 is 0 Å². The van der Waals surface area contributed by atoms with E-state index in [9.17, 15) is 14.4 Å². The minimum absolute atomic E-state index is 0.178.